The summed E-state index contributed by atoms with van der Waals surface area (Å²) in [6.45, 7) is 9.53. The molecule has 0 radical (unpaired) electrons. The second kappa shape index (κ2) is 18.4. The number of aliphatic hydroxyl groups excluding tert-OH is 1. The first-order valence-electron chi connectivity index (χ1n) is 19.4. The van der Waals surface area contributed by atoms with Crippen LogP contribution in [0.4, 0.5) is 0 Å². The zero-order chi connectivity index (χ0) is 36.6. The first-order chi connectivity index (χ1) is 23.8. The van der Waals surface area contributed by atoms with Gasteiger partial charge in [-0.05, 0) is 89.5 Å². The van der Waals surface area contributed by atoms with Crippen LogP contribution in [-0.2, 0) is 33.4 Å². The number of aliphatic hydroxyl groups is 2. The van der Waals surface area contributed by atoms with Crippen molar-refractivity contribution >= 4 is 23.4 Å². The number of hydrogen-bond acceptors (Lipinski definition) is 9. The van der Waals surface area contributed by atoms with Gasteiger partial charge in [-0.1, -0.05) is 64.2 Å². The Morgan fingerprint density at radius 1 is 1.02 bits per heavy atom. The predicted octanol–water partition coefficient (Wildman–Crippen LogP) is 6.01. The van der Waals surface area contributed by atoms with E-state index >= 15 is 0 Å². The molecule has 9 atom stereocenters. The molecule has 1 unspecified atom stereocenters. The lowest BCUT2D eigenvalue weighted by Gasteiger charge is -2.45. The number of fused-ring (bicyclic) bond motifs is 3. The first kappa shape index (κ1) is 40.4. The molecule has 50 heavy (non-hydrogen) atoms. The second-order valence-electron chi connectivity index (χ2n) is 15.6. The molecule has 0 aromatic carbocycles. The van der Waals surface area contributed by atoms with Gasteiger partial charge in [-0.3, -0.25) is 14.4 Å². The molecule has 2 bridgehead atoms. The van der Waals surface area contributed by atoms with E-state index in [1.165, 1.54) is 11.3 Å². The van der Waals surface area contributed by atoms with Crippen molar-refractivity contribution in [1.82, 2.24) is 4.90 Å². The number of carbonyl (C=O) groups excluding carboxylic acids is 4. The molecule has 1 amide bonds. The molecular weight excluding hydrogens is 638 g/mol. The van der Waals surface area contributed by atoms with Crippen molar-refractivity contribution < 1.29 is 43.6 Å². The van der Waals surface area contributed by atoms with E-state index in [0.717, 1.165) is 56.1 Å². The number of esters is 1. The minimum atomic E-state index is -2.35. The molecule has 1 saturated carbocycles. The average Bonchev–Trinajstić information content (AvgIpc) is 3.11. The number of Topliss-reactive ketones (excluding diaryl/α,β-unsaturated/α-hetero) is 2. The van der Waals surface area contributed by atoms with Crippen molar-refractivity contribution in [1.29, 1.82) is 0 Å². The highest BCUT2D eigenvalue weighted by Crippen LogP contribution is 2.38. The van der Waals surface area contributed by atoms with Crippen molar-refractivity contribution in [2.75, 3.05) is 13.7 Å². The maximum absolute atomic E-state index is 14.1. The van der Waals surface area contributed by atoms with Crippen LogP contribution in [0.2, 0.25) is 0 Å². The van der Waals surface area contributed by atoms with E-state index < -0.39 is 59.6 Å². The van der Waals surface area contributed by atoms with Crippen LogP contribution >= 0.6 is 0 Å². The van der Waals surface area contributed by atoms with Gasteiger partial charge in [0.05, 0.1) is 18.3 Å². The van der Waals surface area contributed by atoms with E-state index in [0.29, 0.717) is 44.4 Å². The lowest BCUT2D eigenvalue weighted by atomic mass is 9.83. The average molecular weight is 702 g/mol. The maximum Gasteiger partial charge on any atom is 0.329 e. The molecule has 3 fully saturated rings. The molecule has 1 aliphatic carbocycles. The smallest absolute Gasteiger partial charge is 0.329 e. The van der Waals surface area contributed by atoms with Gasteiger partial charge in [0.25, 0.3) is 11.7 Å². The summed E-state index contributed by atoms with van der Waals surface area (Å²) in [4.78, 5) is 56.8. The van der Waals surface area contributed by atoms with Crippen LogP contribution in [0.1, 0.15) is 131 Å². The number of ether oxygens (including phenoxy) is 3. The Labute approximate surface area is 299 Å². The number of methoxy groups -OCH3 is 1. The summed E-state index contributed by atoms with van der Waals surface area (Å²) in [5.74, 6) is -6.42. The third-order valence-corrected chi connectivity index (χ3v) is 11.8. The zero-order valence-electron chi connectivity index (χ0n) is 31.4. The van der Waals surface area contributed by atoms with Gasteiger partial charge in [0.2, 0.25) is 5.79 Å². The van der Waals surface area contributed by atoms with Gasteiger partial charge in [0.15, 0.2) is 0 Å². The highest BCUT2D eigenvalue weighted by molar-refractivity contribution is 6.39. The minimum Gasteiger partial charge on any atom is -0.456 e. The molecule has 0 spiro atoms. The topological polar surface area (TPSA) is 140 Å². The Kier molecular flexibility index (Phi) is 14.8. The van der Waals surface area contributed by atoms with Gasteiger partial charge < -0.3 is 29.3 Å². The molecule has 0 aromatic heterocycles. The van der Waals surface area contributed by atoms with Gasteiger partial charge >= 0.3 is 5.97 Å². The lowest BCUT2D eigenvalue weighted by molar-refractivity contribution is -0.286. The molecule has 10 heteroatoms. The number of allylic oxidation sites excluding steroid dienone is 3. The van der Waals surface area contributed by atoms with Gasteiger partial charge in [0, 0.05) is 37.8 Å². The standard InChI is InChI=1S/C40H63NO9/c1-7-30-21-25(2)15-11-12-19-34-35(48-6)23-27(4)40(47,50-34)37(44)38(45)41-20-14-13-18-31(41)39(46)49-36(28(5)32(42)24-33(30)43)26(3)22-29-16-9-8-10-17-29/h21-22,27-32,34-36,42,47H,7-20,23-24H2,1-6H3/b25-21+,26-22+/t27-,28-,30-,31?,32+,34-,35+,36-,40-/m1/s1. The van der Waals surface area contributed by atoms with Gasteiger partial charge in [-0.15, -0.1) is 0 Å². The van der Waals surface area contributed by atoms with Crippen molar-refractivity contribution in [3.05, 3.63) is 23.3 Å². The fourth-order valence-electron chi connectivity index (χ4n) is 8.50. The second-order valence-corrected chi connectivity index (χ2v) is 15.6. The summed E-state index contributed by atoms with van der Waals surface area (Å²) in [7, 11) is 1.58. The van der Waals surface area contributed by atoms with Crippen LogP contribution in [0.15, 0.2) is 23.3 Å². The van der Waals surface area contributed by atoms with E-state index in [4.69, 9.17) is 14.2 Å². The number of amides is 1. The van der Waals surface area contributed by atoms with E-state index in [1.54, 1.807) is 21.0 Å². The SMILES string of the molecule is CC[C@@H]1/C=C(\C)CCCC[C@H]2O[C@@](O)(C(=O)C(=O)N3CCCCC3C(=O)O[C@H](/C(C)=C/C3CCCCC3)[C@H](C)[C@@H](O)CC1=O)[C@H](C)C[C@@H]2OC. The minimum absolute atomic E-state index is 0.0504. The number of carbonyl (C=O) groups is 4. The number of hydrogen-bond donors (Lipinski definition) is 2. The van der Waals surface area contributed by atoms with E-state index in [1.807, 2.05) is 26.8 Å². The van der Waals surface area contributed by atoms with Crippen LogP contribution in [0, 0.1) is 23.7 Å². The monoisotopic (exact) mass is 701 g/mol. The van der Waals surface area contributed by atoms with Crippen molar-refractivity contribution in [3.8, 4) is 0 Å². The predicted molar refractivity (Wildman–Crippen MR) is 190 cm³/mol. The van der Waals surface area contributed by atoms with Crippen molar-refractivity contribution in [2.45, 2.75) is 167 Å². The molecule has 2 saturated heterocycles. The molecule has 3 aliphatic heterocycles. The van der Waals surface area contributed by atoms with E-state index in [2.05, 4.69) is 6.08 Å². The van der Waals surface area contributed by atoms with Crippen LogP contribution < -0.4 is 0 Å². The Balaban J connectivity index is 1.70. The Bertz CT molecular complexity index is 1260. The first-order valence-corrected chi connectivity index (χ1v) is 19.4. The number of cyclic esters (lactones) is 1. The zero-order valence-corrected chi connectivity index (χ0v) is 31.4. The summed E-state index contributed by atoms with van der Waals surface area (Å²) in [6.07, 6.45) is 12.1. The Hall–Kier alpha value is -2.40. The number of ketones is 2. The lowest BCUT2D eigenvalue weighted by Crippen LogP contribution is -2.62. The van der Waals surface area contributed by atoms with Crippen LogP contribution in [0.25, 0.3) is 0 Å². The molecule has 2 N–H and O–H groups in total. The number of rotatable bonds is 4. The van der Waals surface area contributed by atoms with Crippen molar-refractivity contribution in [2.24, 2.45) is 23.7 Å². The quantitative estimate of drug-likeness (QED) is 0.205. The molecule has 10 nitrogen and oxygen atoms in total. The fraction of sp³-hybridized carbons (Fsp3) is 0.800. The summed E-state index contributed by atoms with van der Waals surface area (Å²) in [5.41, 5.74) is 1.89. The van der Waals surface area contributed by atoms with Gasteiger partial charge in [-0.2, -0.15) is 0 Å². The molecule has 4 rings (SSSR count). The highest BCUT2D eigenvalue weighted by Gasteiger charge is 2.55. The number of piperidine rings is 1. The molecule has 3 heterocycles. The van der Waals surface area contributed by atoms with Gasteiger partial charge in [-0.25, -0.2) is 4.79 Å². The third-order valence-electron chi connectivity index (χ3n) is 11.8. The fourth-order valence-corrected chi connectivity index (χ4v) is 8.50. The summed E-state index contributed by atoms with van der Waals surface area (Å²) < 4.78 is 18.1. The van der Waals surface area contributed by atoms with E-state index in [-0.39, 0.29) is 30.8 Å². The van der Waals surface area contributed by atoms with Gasteiger partial charge in [0.1, 0.15) is 17.9 Å². The molecular formula is C40H63NO9. The van der Waals surface area contributed by atoms with Crippen LogP contribution in [0.3, 0.4) is 0 Å². The summed E-state index contributed by atoms with van der Waals surface area (Å²) in [5, 5.41) is 23.3. The Morgan fingerprint density at radius 3 is 2.38 bits per heavy atom. The van der Waals surface area contributed by atoms with E-state index in [9.17, 15) is 29.4 Å². The molecule has 0 aromatic rings. The highest BCUT2D eigenvalue weighted by atomic mass is 16.7. The maximum atomic E-state index is 14.1. The Morgan fingerprint density at radius 2 is 1.70 bits per heavy atom. The van der Waals surface area contributed by atoms with Crippen LogP contribution in [0.5, 0.6) is 0 Å². The van der Waals surface area contributed by atoms with Crippen molar-refractivity contribution in [3.63, 3.8) is 0 Å². The third kappa shape index (κ3) is 9.72. The van der Waals surface area contributed by atoms with Crippen LogP contribution in [-0.4, -0.2) is 88.5 Å². The largest absolute Gasteiger partial charge is 0.456 e. The summed E-state index contributed by atoms with van der Waals surface area (Å²) in [6, 6.07) is -1.03. The normalized spacial score (nSPS) is 38.0. The number of nitrogens with zero attached hydrogens (tertiary/aromatic N) is 1. The molecule has 4 aliphatic rings. The molecule has 282 valence electrons. The summed E-state index contributed by atoms with van der Waals surface area (Å²) >= 11 is 0.